The SMILES string of the molecule is Nc1ncc(F)c(OCc2cccc(Br)c2)n1. The molecule has 17 heavy (non-hydrogen) atoms. The smallest absolute Gasteiger partial charge is 0.255 e. The number of aromatic nitrogens is 2. The Bertz CT molecular complexity index is 536. The number of rotatable bonds is 3. The van der Waals surface area contributed by atoms with Gasteiger partial charge in [-0.05, 0) is 17.7 Å². The summed E-state index contributed by atoms with van der Waals surface area (Å²) < 4.78 is 19.4. The van der Waals surface area contributed by atoms with Gasteiger partial charge in [-0.15, -0.1) is 0 Å². The monoisotopic (exact) mass is 297 g/mol. The van der Waals surface area contributed by atoms with Crippen molar-refractivity contribution < 1.29 is 9.13 Å². The van der Waals surface area contributed by atoms with Gasteiger partial charge in [-0.3, -0.25) is 0 Å². The van der Waals surface area contributed by atoms with Crippen molar-refractivity contribution in [3.05, 3.63) is 46.3 Å². The van der Waals surface area contributed by atoms with E-state index in [4.69, 9.17) is 10.5 Å². The quantitative estimate of drug-likeness (QED) is 0.946. The molecule has 0 radical (unpaired) electrons. The summed E-state index contributed by atoms with van der Waals surface area (Å²) in [6.07, 6.45) is 0.985. The lowest BCUT2D eigenvalue weighted by molar-refractivity contribution is 0.276. The predicted molar refractivity (Wildman–Crippen MR) is 64.9 cm³/mol. The fraction of sp³-hybridized carbons (Fsp3) is 0.0909. The molecular weight excluding hydrogens is 289 g/mol. The van der Waals surface area contributed by atoms with Crippen molar-refractivity contribution in [1.82, 2.24) is 9.97 Å². The summed E-state index contributed by atoms with van der Waals surface area (Å²) in [6, 6.07) is 7.51. The molecule has 4 nitrogen and oxygen atoms in total. The average molecular weight is 298 g/mol. The first-order valence-electron chi connectivity index (χ1n) is 4.80. The molecule has 0 atom stereocenters. The predicted octanol–water partition coefficient (Wildman–Crippen LogP) is 2.54. The summed E-state index contributed by atoms with van der Waals surface area (Å²) >= 11 is 3.34. The average Bonchev–Trinajstić information content (AvgIpc) is 2.30. The van der Waals surface area contributed by atoms with E-state index in [2.05, 4.69) is 25.9 Å². The van der Waals surface area contributed by atoms with Crippen molar-refractivity contribution in [1.29, 1.82) is 0 Å². The van der Waals surface area contributed by atoms with E-state index in [1.165, 1.54) is 0 Å². The second kappa shape index (κ2) is 5.09. The van der Waals surface area contributed by atoms with Gasteiger partial charge in [0.25, 0.3) is 5.88 Å². The summed E-state index contributed by atoms with van der Waals surface area (Å²) in [7, 11) is 0. The molecule has 0 aliphatic rings. The van der Waals surface area contributed by atoms with E-state index in [0.717, 1.165) is 16.2 Å². The number of halogens is 2. The third-order valence-corrected chi connectivity index (χ3v) is 2.49. The van der Waals surface area contributed by atoms with Crippen molar-refractivity contribution in [2.75, 3.05) is 5.73 Å². The first kappa shape index (κ1) is 11.8. The number of anilines is 1. The van der Waals surface area contributed by atoms with Gasteiger partial charge in [0.05, 0.1) is 6.20 Å². The van der Waals surface area contributed by atoms with Gasteiger partial charge in [-0.2, -0.15) is 9.37 Å². The van der Waals surface area contributed by atoms with E-state index in [0.29, 0.717) is 0 Å². The number of nitrogens with two attached hydrogens (primary N) is 1. The van der Waals surface area contributed by atoms with Gasteiger partial charge < -0.3 is 10.5 Å². The summed E-state index contributed by atoms with van der Waals surface area (Å²) in [6.45, 7) is 0.215. The summed E-state index contributed by atoms with van der Waals surface area (Å²) in [4.78, 5) is 7.18. The van der Waals surface area contributed by atoms with Crippen molar-refractivity contribution in [3.63, 3.8) is 0 Å². The van der Waals surface area contributed by atoms with Crippen molar-refractivity contribution in [2.45, 2.75) is 6.61 Å². The Kier molecular flexibility index (Phi) is 3.53. The molecule has 1 heterocycles. The molecule has 0 aliphatic carbocycles. The largest absolute Gasteiger partial charge is 0.471 e. The molecule has 0 bridgehead atoms. The highest BCUT2D eigenvalue weighted by atomic mass is 79.9. The molecule has 2 rings (SSSR count). The Morgan fingerprint density at radius 2 is 2.24 bits per heavy atom. The van der Waals surface area contributed by atoms with E-state index < -0.39 is 5.82 Å². The van der Waals surface area contributed by atoms with Crippen LogP contribution >= 0.6 is 15.9 Å². The van der Waals surface area contributed by atoms with Gasteiger partial charge in [0.15, 0.2) is 0 Å². The van der Waals surface area contributed by atoms with Crippen LogP contribution in [0.1, 0.15) is 5.56 Å². The highest BCUT2D eigenvalue weighted by Gasteiger charge is 2.06. The van der Waals surface area contributed by atoms with Crippen LogP contribution in [0.5, 0.6) is 5.88 Å². The fourth-order valence-corrected chi connectivity index (χ4v) is 1.69. The second-order valence-corrected chi connectivity index (χ2v) is 4.22. The topological polar surface area (TPSA) is 61.0 Å². The molecule has 2 aromatic rings. The highest BCUT2D eigenvalue weighted by molar-refractivity contribution is 9.10. The van der Waals surface area contributed by atoms with Crippen LogP contribution in [0.4, 0.5) is 10.3 Å². The lowest BCUT2D eigenvalue weighted by Crippen LogP contribution is -2.03. The van der Waals surface area contributed by atoms with Crippen LogP contribution < -0.4 is 10.5 Å². The first-order valence-corrected chi connectivity index (χ1v) is 5.60. The van der Waals surface area contributed by atoms with E-state index >= 15 is 0 Å². The number of hydrogen-bond donors (Lipinski definition) is 1. The molecular formula is C11H9BrFN3O. The zero-order valence-corrected chi connectivity index (χ0v) is 10.3. The van der Waals surface area contributed by atoms with Crippen LogP contribution in [-0.4, -0.2) is 9.97 Å². The summed E-state index contributed by atoms with van der Waals surface area (Å²) in [5.74, 6) is -0.790. The maximum absolute atomic E-state index is 13.2. The zero-order chi connectivity index (χ0) is 12.3. The summed E-state index contributed by atoms with van der Waals surface area (Å²) in [5, 5.41) is 0. The minimum atomic E-state index is -0.630. The zero-order valence-electron chi connectivity index (χ0n) is 8.73. The molecule has 2 N–H and O–H groups in total. The molecule has 1 aromatic heterocycles. The minimum Gasteiger partial charge on any atom is -0.471 e. The second-order valence-electron chi connectivity index (χ2n) is 3.30. The van der Waals surface area contributed by atoms with Crippen LogP contribution in [0.3, 0.4) is 0 Å². The standard InChI is InChI=1S/C11H9BrFN3O/c12-8-3-1-2-7(4-8)6-17-10-9(13)5-15-11(14)16-10/h1-5H,6H2,(H2,14,15,16). The fourth-order valence-electron chi connectivity index (χ4n) is 1.24. The van der Waals surface area contributed by atoms with Gasteiger partial charge >= 0.3 is 0 Å². The van der Waals surface area contributed by atoms with E-state index in [1.54, 1.807) is 0 Å². The van der Waals surface area contributed by atoms with Gasteiger partial charge in [-0.1, -0.05) is 28.1 Å². The molecule has 0 fully saturated rings. The van der Waals surface area contributed by atoms with Crippen molar-refractivity contribution in [3.8, 4) is 5.88 Å². The normalized spacial score (nSPS) is 10.2. The van der Waals surface area contributed by atoms with Gasteiger partial charge in [0.2, 0.25) is 11.8 Å². The molecule has 0 saturated carbocycles. The molecule has 0 unspecified atom stereocenters. The Morgan fingerprint density at radius 3 is 3.00 bits per heavy atom. The first-order chi connectivity index (χ1) is 8.15. The Hall–Kier alpha value is -1.69. The number of benzene rings is 1. The van der Waals surface area contributed by atoms with E-state index in [9.17, 15) is 4.39 Å². The van der Waals surface area contributed by atoms with Gasteiger partial charge in [0.1, 0.15) is 6.61 Å². The Labute approximate surface area is 106 Å². The molecule has 0 aliphatic heterocycles. The Balaban J connectivity index is 2.09. The number of ether oxygens (including phenoxy) is 1. The van der Waals surface area contributed by atoms with Crippen LogP contribution in [0, 0.1) is 5.82 Å². The van der Waals surface area contributed by atoms with Gasteiger partial charge in [0, 0.05) is 4.47 Å². The third-order valence-electron chi connectivity index (χ3n) is 2.00. The maximum atomic E-state index is 13.2. The number of hydrogen-bond acceptors (Lipinski definition) is 4. The number of nitrogen functional groups attached to an aromatic ring is 1. The van der Waals surface area contributed by atoms with Crippen LogP contribution in [0.2, 0.25) is 0 Å². The van der Waals surface area contributed by atoms with Gasteiger partial charge in [-0.25, -0.2) is 4.98 Å². The molecule has 0 amide bonds. The minimum absolute atomic E-state index is 0.0179. The van der Waals surface area contributed by atoms with Crippen molar-refractivity contribution >= 4 is 21.9 Å². The molecule has 0 spiro atoms. The molecule has 88 valence electrons. The third kappa shape index (κ3) is 3.13. The lowest BCUT2D eigenvalue weighted by Gasteiger charge is -2.06. The van der Waals surface area contributed by atoms with E-state index in [-0.39, 0.29) is 18.4 Å². The Morgan fingerprint density at radius 1 is 1.41 bits per heavy atom. The lowest BCUT2D eigenvalue weighted by atomic mass is 10.2. The summed E-state index contributed by atoms with van der Waals surface area (Å²) in [5.41, 5.74) is 6.24. The highest BCUT2D eigenvalue weighted by Crippen LogP contribution is 2.16. The number of nitrogens with zero attached hydrogens (tertiary/aromatic N) is 2. The van der Waals surface area contributed by atoms with Crippen LogP contribution in [0.25, 0.3) is 0 Å². The maximum Gasteiger partial charge on any atom is 0.255 e. The molecule has 0 saturated heterocycles. The molecule has 6 heteroatoms. The van der Waals surface area contributed by atoms with Crippen LogP contribution in [-0.2, 0) is 6.61 Å². The van der Waals surface area contributed by atoms with Crippen LogP contribution in [0.15, 0.2) is 34.9 Å². The van der Waals surface area contributed by atoms with Crippen molar-refractivity contribution in [2.24, 2.45) is 0 Å². The van der Waals surface area contributed by atoms with E-state index in [1.807, 2.05) is 24.3 Å². The molecule has 1 aromatic carbocycles.